The normalized spacial score (nSPS) is 15.8. The number of pyridine rings is 1. The average Bonchev–Trinajstić information content (AvgIpc) is 3.34. The van der Waals surface area contributed by atoms with Gasteiger partial charge in [-0.1, -0.05) is 29.3 Å². The van der Waals surface area contributed by atoms with Crippen molar-refractivity contribution in [3.05, 3.63) is 64.2 Å². The van der Waals surface area contributed by atoms with Gasteiger partial charge in [-0.3, -0.25) is 9.59 Å². The molecule has 0 unspecified atom stereocenters. The zero-order valence-electron chi connectivity index (χ0n) is 16.3. The zero-order chi connectivity index (χ0) is 22.1. The summed E-state index contributed by atoms with van der Waals surface area (Å²) in [6.07, 6.45) is 3.83. The van der Waals surface area contributed by atoms with Crippen molar-refractivity contribution in [1.29, 1.82) is 0 Å². The summed E-state index contributed by atoms with van der Waals surface area (Å²) in [5.41, 5.74) is 13.0. The van der Waals surface area contributed by atoms with E-state index >= 15 is 0 Å². The topological polar surface area (TPSA) is 132 Å². The van der Waals surface area contributed by atoms with E-state index in [-0.39, 0.29) is 17.6 Å². The Balaban J connectivity index is 1.58. The maximum absolute atomic E-state index is 12.5. The second-order valence-corrected chi connectivity index (χ2v) is 7.94. The fourth-order valence-electron chi connectivity index (χ4n) is 3.35. The van der Waals surface area contributed by atoms with Crippen molar-refractivity contribution in [2.75, 3.05) is 18.4 Å². The molecule has 160 valence electrons. The fraction of sp³-hybridized carbons (Fsp3) is 0.200. The molecular formula is C20H19Cl2N7O2. The van der Waals surface area contributed by atoms with Gasteiger partial charge in [0.05, 0.1) is 33.8 Å². The van der Waals surface area contributed by atoms with Gasteiger partial charge < -0.3 is 21.7 Å². The Labute approximate surface area is 187 Å². The summed E-state index contributed by atoms with van der Waals surface area (Å²) in [6, 6.07) is 8.31. The lowest BCUT2D eigenvalue weighted by Gasteiger charge is -2.15. The molecule has 0 saturated carbocycles. The van der Waals surface area contributed by atoms with E-state index in [2.05, 4.69) is 15.4 Å². The van der Waals surface area contributed by atoms with Gasteiger partial charge >= 0.3 is 0 Å². The van der Waals surface area contributed by atoms with Gasteiger partial charge in [0.25, 0.3) is 11.8 Å². The number of carbonyl (C=O) groups is 2. The summed E-state index contributed by atoms with van der Waals surface area (Å²) in [7, 11) is 0. The van der Waals surface area contributed by atoms with Crippen LogP contribution in [0.4, 0.5) is 11.4 Å². The van der Waals surface area contributed by atoms with Gasteiger partial charge in [-0.05, 0) is 30.7 Å². The molecule has 31 heavy (non-hydrogen) atoms. The smallest absolute Gasteiger partial charge is 0.272 e. The number of amides is 2. The third-order valence-electron chi connectivity index (χ3n) is 4.89. The number of aromatic nitrogens is 3. The second-order valence-electron chi connectivity index (χ2n) is 7.13. The van der Waals surface area contributed by atoms with Gasteiger partial charge in [0.1, 0.15) is 11.4 Å². The van der Waals surface area contributed by atoms with Crippen LogP contribution < -0.4 is 16.8 Å². The Morgan fingerprint density at radius 3 is 2.48 bits per heavy atom. The summed E-state index contributed by atoms with van der Waals surface area (Å²) in [4.78, 5) is 30.3. The lowest BCUT2D eigenvalue weighted by Crippen LogP contribution is -2.32. The molecule has 2 aromatic heterocycles. The van der Waals surface area contributed by atoms with Crippen LogP contribution in [0.15, 0.2) is 42.7 Å². The Hall–Kier alpha value is -3.14. The number of anilines is 2. The van der Waals surface area contributed by atoms with E-state index in [0.29, 0.717) is 45.9 Å². The largest absolute Gasteiger partial charge is 0.364 e. The van der Waals surface area contributed by atoms with Crippen molar-refractivity contribution < 1.29 is 9.59 Å². The Kier molecular flexibility index (Phi) is 5.81. The molecule has 0 radical (unpaired) electrons. The monoisotopic (exact) mass is 459 g/mol. The molecule has 2 amide bonds. The minimum atomic E-state index is -0.727. The molecule has 1 aromatic carbocycles. The molecule has 4 rings (SSSR count). The van der Waals surface area contributed by atoms with Crippen LogP contribution in [0.5, 0.6) is 0 Å². The van der Waals surface area contributed by atoms with Crippen molar-refractivity contribution in [1.82, 2.24) is 19.7 Å². The number of hydrogen-bond acceptors (Lipinski definition) is 6. The minimum Gasteiger partial charge on any atom is -0.364 e. The van der Waals surface area contributed by atoms with E-state index in [0.717, 1.165) is 6.42 Å². The Morgan fingerprint density at radius 1 is 1.16 bits per heavy atom. The van der Waals surface area contributed by atoms with E-state index in [4.69, 9.17) is 34.7 Å². The van der Waals surface area contributed by atoms with E-state index in [1.54, 1.807) is 41.4 Å². The predicted molar refractivity (Wildman–Crippen MR) is 118 cm³/mol. The first kappa shape index (κ1) is 21.1. The molecule has 9 nitrogen and oxygen atoms in total. The molecule has 0 aliphatic carbocycles. The molecule has 11 heteroatoms. The molecule has 3 heterocycles. The van der Waals surface area contributed by atoms with Crippen molar-refractivity contribution in [3.8, 4) is 5.69 Å². The third kappa shape index (κ3) is 4.34. The number of rotatable bonds is 5. The van der Waals surface area contributed by atoms with E-state index in [1.165, 1.54) is 10.9 Å². The molecule has 0 spiro atoms. The third-order valence-corrected chi connectivity index (χ3v) is 5.50. The molecule has 5 N–H and O–H groups in total. The van der Waals surface area contributed by atoms with Gasteiger partial charge in [0.15, 0.2) is 5.69 Å². The number of halogens is 2. The molecule has 1 saturated heterocycles. The number of primary amides is 1. The van der Waals surface area contributed by atoms with Crippen LogP contribution in [0.25, 0.3) is 5.69 Å². The van der Waals surface area contributed by atoms with Gasteiger partial charge in [-0.2, -0.15) is 5.10 Å². The first-order valence-corrected chi connectivity index (χ1v) is 10.2. The summed E-state index contributed by atoms with van der Waals surface area (Å²) in [5, 5.41) is 8.00. The lowest BCUT2D eigenvalue weighted by molar-refractivity contribution is 0.0785. The fourth-order valence-corrected chi connectivity index (χ4v) is 3.92. The van der Waals surface area contributed by atoms with Crippen LogP contribution in [0.2, 0.25) is 10.0 Å². The quantitative estimate of drug-likeness (QED) is 0.536. The van der Waals surface area contributed by atoms with Crippen molar-refractivity contribution in [3.63, 3.8) is 0 Å². The SMILES string of the molecule is NC(=O)c1nn(-c2c(Cl)cccc2Cl)cc1Nc1ccc(C(=O)N2CC[C@H](N)C2)nc1. The van der Waals surface area contributed by atoms with E-state index in [9.17, 15) is 9.59 Å². The van der Waals surface area contributed by atoms with Crippen molar-refractivity contribution in [2.45, 2.75) is 12.5 Å². The number of nitrogens with one attached hydrogen (secondary N) is 1. The standard InChI is InChI=1S/C20H19Cl2N7O2/c21-13-2-1-3-14(22)18(13)29-10-16(17(27-29)19(24)30)26-12-4-5-15(25-8-12)20(31)28-7-6-11(23)9-28/h1-5,8,10-11,26H,6-7,9,23H2,(H2,24,30)/t11-/m0/s1. The molecule has 1 aliphatic rings. The first-order chi connectivity index (χ1) is 14.8. The van der Waals surface area contributed by atoms with Crippen LogP contribution in [-0.4, -0.2) is 50.6 Å². The van der Waals surface area contributed by atoms with Crippen LogP contribution >= 0.6 is 23.2 Å². The number of carbonyl (C=O) groups excluding carboxylic acids is 2. The zero-order valence-corrected chi connectivity index (χ0v) is 17.8. The first-order valence-electron chi connectivity index (χ1n) is 9.45. The highest BCUT2D eigenvalue weighted by molar-refractivity contribution is 6.37. The summed E-state index contributed by atoms with van der Waals surface area (Å²) >= 11 is 12.5. The van der Waals surface area contributed by atoms with Crippen LogP contribution in [0.1, 0.15) is 27.4 Å². The highest BCUT2D eigenvalue weighted by atomic mass is 35.5. The van der Waals surface area contributed by atoms with Crippen LogP contribution in [-0.2, 0) is 0 Å². The minimum absolute atomic E-state index is 0.000249. The van der Waals surface area contributed by atoms with Crippen LogP contribution in [0, 0.1) is 0 Å². The highest BCUT2D eigenvalue weighted by Crippen LogP contribution is 2.30. The molecular weight excluding hydrogens is 441 g/mol. The van der Waals surface area contributed by atoms with E-state index < -0.39 is 5.91 Å². The Morgan fingerprint density at radius 2 is 1.90 bits per heavy atom. The number of nitrogens with two attached hydrogens (primary N) is 2. The predicted octanol–water partition coefficient (Wildman–Crippen LogP) is 2.59. The summed E-state index contributed by atoms with van der Waals surface area (Å²) in [5.74, 6) is -0.895. The van der Waals surface area contributed by atoms with Gasteiger partial charge in [0, 0.05) is 19.1 Å². The van der Waals surface area contributed by atoms with Crippen molar-refractivity contribution >= 4 is 46.4 Å². The number of nitrogens with zero attached hydrogens (tertiary/aromatic N) is 4. The average molecular weight is 460 g/mol. The second kappa shape index (κ2) is 8.54. The maximum Gasteiger partial charge on any atom is 0.272 e. The van der Waals surface area contributed by atoms with Crippen molar-refractivity contribution in [2.24, 2.45) is 11.5 Å². The van der Waals surface area contributed by atoms with Gasteiger partial charge in [0.2, 0.25) is 0 Å². The molecule has 1 aliphatic heterocycles. The van der Waals surface area contributed by atoms with Gasteiger partial charge in [-0.25, -0.2) is 9.67 Å². The molecule has 1 atom stereocenters. The van der Waals surface area contributed by atoms with Gasteiger partial charge in [-0.15, -0.1) is 0 Å². The number of para-hydroxylation sites is 1. The number of hydrogen-bond donors (Lipinski definition) is 3. The number of benzene rings is 1. The number of likely N-dealkylation sites (tertiary alicyclic amines) is 1. The highest BCUT2D eigenvalue weighted by Gasteiger charge is 2.25. The lowest BCUT2D eigenvalue weighted by atomic mass is 10.3. The molecule has 0 bridgehead atoms. The molecule has 1 fully saturated rings. The summed E-state index contributed by atoms with van der Waals surface area (Å²) in [6.45, 7) is 1.14. The van der Waals surface area contributed by atoms with Crippen LogP contribution in [0.3, 0.4) is 0 Å². The van der Waals surface area contributed by atoms with E-state index in [1.807, 2.05) is 0 Å². The molecule has 3 aromatic rings. The summed E-state index contributed by atoms with van der Waals surface area (Å²) < 4.78 is 1.38. The Bertz CT molecular complexity index is 1130. The maximum atomic E-state index is 12.5.